The van der Waals surface area contributed by atoms with E-state index in [1.807, 2.05) is 47.4 Å². The molecule has 164 valence electrons. The maximum atomic E-state index is 13.0. The van der Waals surface area contributed by atoms with E-state index in [1.165, 1.54) is 16.9 Å². The van der Waals surface area contributed by atoms with Crippen molar-refractivity contribution in [3.8, 4) is 5.69 Å². The van der Waals surface area contributed by atoms with Gasteiger partial charge in [-0.15, -0.1) is 5.10 Å². The Hall–Kier alpha value is -2.00. The molecule has 0 saturated carbocycles. The summed E-state index contributed by atoms with van der Waals surface area (Å²) in [6, 6.07) is 17.8. The minimum Gasteiger partial charge on any atom is -0.383 e. The quantitative estimate of drug-likeness (QED) is 0.279. The van der Waals surface area contributed by atoms with E-state index < -0.39 is 0 Å². The van der Waals surface area contributed by atoms with Gasteiger partial charge in [-0.1, -0.05) is 67.3 Å². The first-order valence-corrected chi connectivity index (χ1v) is 12.3. The van der Waals surface area contributed by atoms with Crippen LogP contribution in [0.1, 0.15) is 29.8 Å². The van der Waals surface area contributed by atoms with Crippen molar-refractivity contribution < 1.29 is 9.53 Å². The number of benzene rings is 2. The lowest BCUT2D eigenvalue weighted by atomic mass is 10.1. The van der Waals surface area contributed by atoms with Crippen LogP contribution in [0.15, 0.2) is 58.9 Å². The van der Waals surface area contributed by atoms with Gasteiger partial charge in [-0.25, -0.2) is 4.68 Å². The lowest BCUT2D eigenvalue weighted by molar-refractivity contribution is 0.0672. The highest BCUT2D eigenvalue weighted by atomic mass is 32.2. The average Bonchev–Trinajstić information content (AvgIpc) is 3.16. The molecule has 0 radical (unpaired) electrons. The van der Waals surface area contributed by atoms with Crippen LogP contribution in [0, 0.1) is 9.87 Å². The van der Waals surface area contributed by atoms with Gasteiger partial charge in [0, 0.05) is 31.5 Å². The van der Waals surface area contributed by atoms with Gasteiger partial charge in [0.2, 0.25) is 0 Å². The predicted octanol–water partition coefficient (Wildman–Crippen LogP) is 5.70. The SMILES string of the molecule is COCCN(CC(C)C)C(=O)c1ccc(-n2nc(SCc3ccccc3)sc2=S)cc1. The standard InChI is InChI=1S/C23H27N3O2S3/c1-17(2)15-25(13-14-28-3)21(27)19-9-11-20(12-10-19)26-23(29)31-22(24-26)30-16-18-7-5-4-6-8-18/h4-12,17H,13-16H2,1-3H3. The number of rotatable bonds is 10. The van der Waals surface area contributed by atoms with E-state index in [0.29, 0.717) is 35.1 Å². The van der Waals surface area contributed by atoms with Gasteiger partial charge >= 0.3 is 0 Å². The van der Waals surface area contributed by atoms with Crippen LogP contribution in [0.4, 0.5) is 0 Å². The average molecular weight is 474 g/mol. The molecular weight excluding hydrogens is 446 g/mol. The van der Waals surface area contributed by atoms with Crippen LogP contribution < -0.4 is 0 Å². The molecule has 0 aliphatic rings. The van der Waals surface area contributed by atoms with Gasteiger partial charge in [0.25, 0.3) is 5.91 Å². The molecule has 3 aromatic rings. The van der Waals surface area contributed by atoms with E-state index in [9.17, 15) is 4.79 Å². The summed E-state index contributed by atoms with van der Waals surface area (Å²) in [5.41, 5.74) is 2.76. The molecule has 5 nitrogen and oxygen atoms in total. The predicted molar refractivity (Wildman–Crippen MR) is 131 cm³/mol. The highest BCUT2D eigenvalue weighted by molar-refractivity contribution is 8.00. The zero-order valence-electron chi connectivity index (χ0n) is 18.0. The zero-order chi connectivity index (χ0) is 22.2. The van der Waals surface area contributed by atoms with Crippen molar-refractivity contribution in [3.05, 3.63) is 69.7 Å². The molecule has 1 aromatic heterocycles. The molecule has 0 N–H and O–H groups in total. The number of nitrogens with zero attached hydrogens (tertiary/aromatic N) is 3. The molecule has 31 heavy (non-hydrogen) atoms. The largest absolute Gasteiger partial charge is 0.383 e. The second-order valence-corrected chi connectivity index (χ2v) is 10.3. The first-order chi connectivity index (χ1) is 15.0. The van der Waals surface area contributed by atoms with E-state index >= 15 is 0 Å². The highest BCUT2D eigenvalue weighted by Crippen LogP contribution is 2.27. The summed E-state index contributed by atoms with van der Waals surface area (Å²) in [6.45, 7) is 6.01. The van der Waals surface area contributed by atoms with Crippen molar-refractivity contribution in [1.82, 2.24) is 14.7 Å². The first kappa shape index (κ1) is 23.7. The Kier molecular flexibility index (Phi) is 8.83. The maximum absolute atomic E-state index is 13.0. The maximum Gasteiger partial charge on any atom is 0.253 e. The number of carbonyl (C=O) groups is 1. The number of carbonyl (C=O) groups excluding carboxylic acids is 1. The number of ether oxygens (including phenoxy) is 1. The second-order valence-electron chi connectivity index (χ2n) is 7.50. The van der Waals surface area contributed by atoms with E-state index in [4.69, 9.17) is 17.0 Å². The summed E-state index contributed by atoms with van der Waals surface area (Å²) in [5, 5.41) is 4.67. The summed E-state index contributed by atoms with van der Waals surface area (Å²) in [4.78, 5) is 14.8. The Morgan fingerprint density at radius 2 is 1.90 bits per heavy atom. The smallest absolute Gasteiger partial charge is 0.253 e. The van der Waals surface area contributed by atoms with Crippen molar-refractivity contribution in [1.29, 1.82) is 0 Å². The van der Waals surface area contributed by atoms with E-state index in [-0.39, 0.29) is 5.91 Å². The molecule has 1 amide bonds. The number of amides is 1. The third-order valence-corrected chi connectivity index (χ3v) is 6.97. The van der Waals surface area contributed by atoms with Gasteiger partial charge in [0.15, 0.2) is 8.29 Å². The van der Waals surface area contributed by atoms with Crippen LogP contribution in [0.3, 0.4) is 0 Å². The van der Waals surface area contributed by atoms with Gasteiger partial charge in [-0.2, -0.15) is 0 Å². The second kappa shape index (κ2) is 11.6. The minimum absolute atomic E-state index is 0.0123. The molecule has 1 heterocycles. The van der Waals surface area contributed by atoms with Gasteiger partial charge in [-0.3, -0.25) is 4.79 Å². The summed E-state index contributed by atoms with van der Waals surface area (Å²) in [5.74, 6) is 1.25. The number of thioether (sulfide) groups is 1. The fourth-order valence-corrected chi connectivity index (χ4v) is 5.36. The van der Waals surface area contributed by atoms with E-state index in [0.717, 1.165) is 15.8 Å². The van der Waals surface area contributed by atoms with Crippen molar-refractivity contribution in [3.63, 3.8) is 0 Å². The van der Waals surface area contributed by atoms with E-state index in [1.54, 1.807) is 23.6 Å². The Labute approximate surface area is 197 Å². The van der Waals surface area contributed by atoms with Crippen molar-refractivity contribution in [2.24, 2.45) is 5.92 Å². The summed E-state index contributed by atoms with van der Waals surface area (Å²) >= 11 is 8.70. The molecule has 0 aliphatic heterocycles. The molecular formula is C23H27N3O2S3. The van der Waals surface area contributed by atoms with Gasteiger partial charge in [-0.05, 0) is 48.0 Å². The molecule has 0 spiro atoms. The summed E-state index contributed by atoms with van der Waals surface area (Å²) in [6.07, 6.45) is 0. The van der Waals surface area contributed by atoms with Crippen LogP contribution in [0.2, 0.25) is 0 Å². The number of hydrogen-bond donors (Lipinski definition) is 0. The number of aromatic nitrogens is 2. The molecule has 0 unspecified atom stereocenters. The fourth-order valence-electron chi connectivity index (χ4n) is 3.05. The van der Waals surface area contributed by atoms with Crippen LogP contribution in [0.25, 0.3) is 5.69 Å². The molecule has 0 aliphatic carbocycles. The third-order valence-electron chi connectivity index (χ3n) is 4.53. The van der Waals surface area contributed by atoms with Gasteiger partial charge in [0.1, 0.15) is 0 Å². The minimum atomic E-state index is 0.0123. The highest BCUT2D eigenvalue weighted by Gasteiger charge is 2.17. The summed E-state index contributed by atoms with van der Waals surface area (Å²) in [7, 11) is 1.65. The molecule has 0 bridgehead atoms. The third kappa shape index (κ3) is 6.74. The van der Waals surface area contributed by atoms with Crippen molar-refractivity contribution >= 4 is 41.2 Å². The molecule has 0 atom stereocenters. The van der Waals surface area contributed by atoms with Crippen molar-refractivity contribution in [2.75, 3.05) is 26.8 Å². The Morgan fingerprint density at radius 3 is 2.55 bits per heavy atom. The first-order valence-electron chi connectivity index (χ1n) is 10.1. The monoisotopic (exact) mass is 473 g/mol. The lowest BCUT2D eigenvalue weighted by Gasteiger charge is -2.24. The van der Waals surface area contributed by atoms with Crippen LogP contribution >= 0.6 is 35.3 Å². The van der Waals surface area contributed by atoms with Crippen LogP contribution in [-0.4, -0.2) is 47.4 Å². The molecule has 8 heteroatoms. The zero-order valence-corrected chi connectivity index (χ0v) is 20.4. The molecule has 2 aromatic carbocycles. The summed E-state index contributed by atoms with van der Waals surface area (Å²) < 4.78 is 8.54. The normalized spacial score (nSPS) is 11.1. The topological polar surface area (TPSA) is 47.4 Å². The number of hydrogen-bond acceptors (Lipinski definition) is 6. The van der Waals surface area contributed by atoms with Crippen molar-refractivity contribution in [2.45, 2.75) is 23.9 Å². The fraction of sp³-hybridized carbons (Fsp3) is 0.348. The van der Waals surface area contributed by atoms with E-state index in [2.05, 4.69) is 31.1 Å². The molecule has 3 rings (SSSR count). The van der Waals surface area contributed by atoms with Crippen LogP contribution in [-0.2, 0) is 10.5 Å². The Bertz CT molecular complexity index is 1030. The molecule has 0 saturated heterocycles. The lowest BCUT2D eigenvalue weighted by Crippen LogP contribution is -2.36. The van der Waals surface area contributed by atoms with Gasteiger partial charge in [0.05, 0.1) is 12.3 Å². The van der Waals surface area contributed by atoms with Crippen LogP contribution in [0.5, 0.6) is 0 Å². The Morgan fingerprint density at radius 1 is 1.19 bits per heavy atom. The molecule has 0 fully saturated rings. The van der Waals surface area contributed by atoms with Gasteiger partial charge < -0.3 is 9.64 Å². The number of methoxy groups -OCH3 is 1. The Balaban J connectivity index is 1.71.